The normalized spacial score (nSPS) is 53.7. The maximum absolute atomic E-state index is 11.2. The summed E-state index contributed by atoms with van der Waals surface area (Å²) < 4.78 is 0. The van der Waals surface area contributed by atoms with Crippen LogP contribution in [0.1, 0.15) is 78.1 Å². The van der Waals surface area contributed by atoms with Gasteiger partial charge in [0.25, 0.3) is 0 Å². The van der Waals surface area contributed by atoms with Crippen LogP contribution in [-0.4, -0.2) is 10.7 Å². The average molecular weight is 300 g/mol. The maximum Gasteiger partial charge on any atom is 0.131 e. The third-order valence-corrected chi connectivity index (χ3v) is 8.36. The Morgan fingerprint density at radius 3 is 2.50 bits per heavy atom. The van der Waals surface area contributed by atoms with E-state index in [1.54, 1.807) is 0 Å². The molecule has 0 aromatic heterocycles. The topological polar surface area (TPSA) is 20.2 Å². The van der Waals surface area contributed by atoms with Crippen molar-refractivity contribution in [1.29, 1.82) is 0 Å². The van der Waals surface area contributed by atoms with Gasteiger partial charge >= 0.3 is 0 Å². The van der Waals surface area contributed by atoms with Crippen LogP contribution in [0.4, 0.5) is 0 Å². The first-order valence-electron chi connectivity index (χ1n) is 9.75. The van der Waals surface area contributed by atoms with Crippen molar-refractivity contribution in [2.24, 2.45) is 35.0 Å². The second-order valence-electron chi connectivity index (χ2n) is 8.95. The molecular formula is C21H32O. The molecule has 0 amide bonds. The van der Waals surface area contributed by atoms with Gasteiger partial charge < -0.3 is 5.11 Å². The summed E-state index contributed by atoms with van der Waals surface area (Å²) in [5.74, 6) is 10.9. The van der Waals surface area contributed by atoms with Crippen LogP contribution in [0.25, 0.3) is 0 Å². The van der Waals surface area contributed by atoms with Gasteiger partial charge in [-0.25, -0.2) is 0 Å². The minimum Gasteiger partial charge on any atom is -0.377 e. The minimum absolute atomic E-state index is 0.0542. The molecule has 4 fully saturated rings. The van der Waals surface area contributed by atoms with Crippen molar-refractivity contribution in [3.8, 4) is 11.8 Å². The molecule has 0 radical (unpaired) electrons. The van der Waals surface area contributed by atoms with Gasteiger partial charge in [-0.2, -0.15) is 0 Å². The van der Waals surface area contributed by atoms with Crippen LogP contribution in [0.15, 0.2) is 0 Å². The fourth-order valence-corrected chi connectivity index (χ4v) is 7.26. The maximum atomic E-state index is 11.2. The van der Waals surface area contributed by atoms with Gasteiger partial charge in [-0.15, -0.1) is 5.92 Å². The first-order valence-corrected chi connectivity index (χ1v) is 9.75. The highest BCUT2D eigenvalue weighted by molar-refractivity contribution is 5.25. The molecule has 1 N–H and O–H groups in total. The summed E-state index contributed by atoms with van der Waals surface area (Å²) in [6.45, 7) is 4.24. The van der Waals surface area contributed by atoms with Crippen LogP contribution < -0.4 is 0 Å². The molecular weight excluding hydrogens is 268 g/mol. The Balaban J connectivity index is 1.62. The summed E-state index contributed by atoms with van der Waals surface area (Å²) in [7, 11) is 0. The highest BCUT2D eigenvalue weighted by Crippen LogP contribution is 2.65. The van der Waals surface area contributed by atoms with E-state index in [0.717, 1.165) is 36.0 Å². The predicted molar refractivity (Wildman–Crippen MR) is 90.1 cm³/mol. The zero-order chi connectivity index (χ0) is 15.4. The standard InChI is InChI=1S/C21H32O/c1-3-12-21(22)14-11-19-18-9-8-15-6-4-5-7-16(15)17(18)10-13-20(19,21)2/h15-19,22H,4-11,13-14H2,1-2H3/t15?,16?,17?,18?,19?,20-,21-/m0/s1. The summed E-state index contributed by atoms with van der Waals surface area (Å²) >= 11 is 0. The van der Waals surface area contributed by atoms with Crippen molar-refractivity contribution in [2.45, 2.75) is 83.7 Å². The van der Waals surface area contributed by atoms with Crippen LogP contribution in [-0.2, 0) is 0 Å². The summed E-state index contributed by atoms with van der Waals surface area (Å²) in [4.78, 5) is 0. The molecule has 0 heterocycles. The Morgan fingerprint density at radius 1 is 0.864 bits per heavy atom. The first-order chi connectivity index (χ1) is 10.6. The quantitative estimate of drug-likeness (QED) is 0.638. The lowest BCUT2D eigenvalue weighted by atomic mass is 9.49. The van der Waals surface area contributed by atoms with Crippen molar-refractivity contribution in [3.05, 3.63) is 0 Å². The Morgan fingerprint density at radius 2 is 1.68 bits per heavy atom. The van der Waals surface area contributed by atoms with Gasteiger partial charge in [0.15, 0.2) is 0 Å². The van der Waals surface area contributed by atoms with E-state index in [1.165, 1.54) is 57.8 Å². The predicted octanol–water partition coefficient (Wildman–Crippen LogP) is 4.78. The number of hydrogen-bond donors (Lipinski definition) is 1. The fraction of sp³-hybridized carbons (Fsp3) is 0.905. The van der Waals surface area contributed by atoms with E-state index >= 15 is 0 Å². The second-order valence-corrected chi connectivity index (χ2v) is 8.95. The highest BCUT2D eigenvalue weighted by Gasteiger charge is 2.62. The SMILES string of the molecule is CC#C[C@]1(O)CCC2C3CCC4CCCCC4C3CC[C@@]21C. The molecule has 0 aromatic rings. The highest BCUT2D eigenvalue weighted by atomic mass is 16.3. The van der Waals surface area contributed by atoms with E-state index in [-0.39, 0.29) is 5.41 Å². The molecule has 1 heteroatoms. The molecule has 7 atom stereocenters. The van der Waals surface area contributed by atoms with E-state index < -0.39 is 5.60 Å². The minimum atomic E-state index is -0.708. The van der Waals surface area contributed by atoms with E-state index in [2.05, 4.69) is 18.8 Å². The molecule has 5 unspecified atom stereocenters. The molecule has 4 rings (SSSR count). The van der Waals surface area contributed by atoms with Crippen molar-refractivity contribution in [3.63, 3.8) is 0 Å². The zero-order valence-corrected chi connectivity index (χ0v) is 14.4. The van der Waals surface area contributed by atoms with Gasteiger partial charge in [-0.1, -0.05) is 32.1 Å². The summed E-state index contributed by atoms with van der Waals surface area (Å²) in [6, 6.07) is 0. The fourth-order valence-electron chi connectivity index (χ4n) is 7.26. The van der Waals surface area contributed by atoms with E-state index in [1.807, 2.05) is 6.92 Å². The molecule has 0 saturated heterocycles. The monoisotopic (exact) mass is 300 g/mol. The third-order valence-electron chi connectivity index (χ3n) is 8.36. The number of fused-ring (bicyclic) bond motifs is 5. The Hall–Kier alpha value is -0.480. The Bertz CT molecular complexity index is 500. The molecule has 0 spiro atoms. The van der Waals surface area contributed by atoms with Crippen LogP contribution in [0.5, 0.6) is 0 Å². The molecule has 0 aromatic carbocycles. The van der Waals surface area contributed by atoms with Crippen LogP contribution in [0.2, 0.25) is 0 Å². The van der Waals surface area contributed by atoms with Gasteiger partial charge in [0.1, 0.15) is 5.60 Å². The lowest BCUT2D eigenvalue weighted by Gasteiger charge is -2.56. The van der Waals surface area contributed by atoms with Crippen LogP contribution >= 0.6 is 0 Å². The van der Waals surface area contributed by atoms with Gasteiger partial charge in [0, 0.05) is 5.41 Å². The summed E-state index contributed by atoms with van der Waals surface area (Å²) in [5, 5.41) is 11.2. The van der Waals surface area contributed by atoms with E-state index in [0.29, 0.717) is 0 Å². The molecule has 0 aliphatic heterocycles. The number of rotatable bonds is 0. The molecule has 0 bridgehead atoms. The summed E-state index contributed by atoms with van der Waals surface area (Å²) in [5.41, 5.74) is -0.653. The Labute approximate surface area is 136 Å². The van der Waals surface area contributed by atoms with Gasteiger partial charge in [0.2, 0.25) is 0 Å². The van der Waals surface area contributed by atoms with Crippen LogP contribution in [0.3, 0.4) is 0 Å². The van der Waals surface area contributed by atoms with Gasteiger partial charge in [-0.3, -0.25) is 0 Å². The van der Waals surface area contributed by atoms with E-state index in [9.17, 15) is 5.11 Å². The van der Waals surface area contributed by atoms with Gasteiger partial charge in [0.05, 0.1) is 0 Å². The van der Waals surface area contributed by atoms with Crippen molar-refractivity contribution in [2.75, 3.05) is 0 Å². The zero-order valence-electron chi connectivity index (χ0n) is 14.4. The third kappa shape index (κ3) is 1.96. The molecule has 1 nitrogen and oxygen atoms in total. The largest absolute Gasteiger partial charge is 0.377 e. The molecule has 4 aliphatic carbocycles. The molecule has 22 heavy (non-hydrogen) atoms. The molecule has 4 aliphatic rings. The van der Waals surface area contributed by atoms with Crippen molar-refractivity contribution >= 4 is 0 Å². The first kappa shape index (κ1) is 15.1. The van der Waals surface area contributed by atoms with Gasteiger partial charge in [-0.05, 0) is 81.5 Å². The van der Waals surface area contributed by atoms with Crippen LogP contribution in [0, 0.1) is 46.8 Å². The van der Waals surface area contributed by atoms with Crippen molar-refractivity contribution < 1.29 is 5.11 Å². The smallest absolute Gasteiger partial charge is 0.131 e. The number of hydrogen-bond acceptors (Lipinski definition) is 1. The molecule has 122 valence electrons. The van der Waals surface area contributed by atoms with E-state index in [4.69, 9.17) is 0 Å². The average Bonchev–Trinajstić information content (AvgIpc) is 2.79. The Kier molecular flexibility index (Phi) is 3.61. The van der Waals surface area contributed by atoms with Crippen molar-refractivity contribution in [1.82, 2.24) is 0 Å². The lowest BCUT2D eigenvalue weighted by molar-refractivity contribution is -0.104. The summed E-state index contributed by atoms with van der Waals surface area (Å²) in [6.07, 6.45) is 13.5. The molecule has 4 saturated carbocycles. The number of aliphatic hydroxyl groups is 1. The second kappa shape index (κ2) is 5.27. The lowest BCUT2D eigenvalue weighted by Crippen LogP contribution is -2.53.